The van der Waals surface area contributed by atoms with Crippen molar-refractivity contribution in [1.82, 2.24) is 10.3 Å². The van der Waals surface area contributed by atoms with Gasteiger partial charge in [0.2, 0.25) is 0 Å². The molecule has 0 spiro atoms. The fraction of sp³-hybridized carbons (Fsp3) is 0.350. The van der Waals surface area contributed by atoms with E-state index in [4.69, 9.17) is 4.74 Å². The first kappa shape index (κ1) is 20.4. The van der Waals surface area contributed by atoms with E-state index in [1.165, 1.54) is 37.6 Å². The van der Waals surface area contributed by atoms with Crippen LogP contribution in [0.15, 0.2) is 42.6 Å². The number of methoxy groups -OCH3 is 1. The summed E-state index contributed by atoms with van der Waals surface area (Å²) in [5.74, 6) is -1.28. The number of carbonyl (C=O) groups excluding carboxylic acids is 2. The number of carbonyl (C=O) groups is 2. The first-order valence-electron chi connectivity index (χ1n) is 8.45. The summed E-state index contributed by atoms with van der Waals surface area (Å²) in [6.07, 6.45) is 1.28. The molecule has 0 saturated carbocycles. The van der Waals surface area contributed by atoms with Crippen LogP contribution in [0, 0.1) is 11.2 Å². The number of pyridine rings is 1. The van der Waals surface area contributed by atoms with Gasteiger partial charge in [0.1, 0.15) is 12.3 Å². The molecule has 0 aliphatic heterocycles. The SMILES string of the molecule is COC(=O)c1ccc(C(=O)NC(COc2ccccc2F)C(C)(C)C)nc1. The summed E-state index contributed by atoms with van der Waals surface area (Å²) in [6.45, 7) is 5.92. The highest BCUT2D eigenvalue weighted by Gasteiger charge is 2.28. The molecule has 144 valence electrons. The highest BCUT2D eigenvalue weighted by atomic mass is 19.1. The quantitative estimate of drug-likeness (QED) is 0.786. The molecule has 1 amide bonds. The summed E-state index contributed by atoms with van der Waals surface area (Å²) in [5, 5.41) is 2.86. The maximum Gasteiger partial charge on any atom is 0.339 e. The molecule has 0 fully saturated rings. The van der Waals surface area contributed by atoms with Gasteiger partial charge >= 0.3 is 5.97 Å². The molecule has 1 aromatic carbocycles. The third kappa shape index (κ3) is 5.51. The molecular formula is C20H23FN2O4. The van der Waals surface area contributed by atoms with Crippen LogP contribution in [0.4, 0.5) is 4.39 Å². The predicted molar refractivity (Wildman–Crippen MR) is 98.2 cm³/mol. The molecule has 2 aromatic rings. The maximum absolute atomic E-state index is 13.7. The Bertz CT molecular complexity index is 800. The van der Waals surface area contributed by atoms with Crippen molar-refractivity contribution in [2.24, 2.45) is 5.41 Å². The zero-order valence-corrected chi connectivity index (χ0v) is 15.8. The van der Waals surface area contributed by atoms with E-state index in [1.807, 2.05) is 20.8 Å². The van der Waals surface area contributed by atoms with Crippen molar-refractivity contribution in [3.8, 4) is 5.75 Å². The summed E-state index contributed by atoms with van der Waals surface area (Å²) in [6, 6.07) is 8.61. The minimum absolute atomic E-state index is 0.0937. The molecule has 0 saturated heterocycles. The van der Waals surface area contributed by atoms with Gasteiger partial charge in [0, 0.05) is 6.20 Å². The number of hydrogen-bond acceptors (Lipinski definition) is 5. The molecule has 2 rings (SSSR count). The Labute approximate surface area is 157 Å². The number of benzene rings is 1. The van der Waals surface area contributed by atoms with Gasteiger partial charge in [-0.05, 0) is 29.7 Å². The highest BCUT2D eigenvalue weighted by Crippen LogP contribution is 2.22. The number of amides is 1. The van der Waals surface area contributed by atoms with Gasteiger partial charge < -0.3 is 14.8 Å². The number of nitrogens with one attached hydrogen (secondary N) is 1. The summed E-state index contributed by atoms with van der Waals surface area (Å²) >= 11 is 0. The maximum atomic E-state index is 13.7. The van der Waals surface area contributed by atoms with Crippen LogP contribution >= 0.6 is 0 Å². The number of hydrogen-bond donors (Lipinski definition) is 1. The largest absolute Gasteiger partial charge is 0.488 e. The number of para-hydroxylation sites is 1. The Morgan fingerprint density at radius 1 is 1.19 bits per heavy atom. The van der Waals surface area contributed by atoms with E-state index in [1.54, 1.807) is 12.1 Å². The minimum atomic E-state index is -0.527. The second-order valence-electron chi connectivity index (χ2n) is 7.06. The summed E-state index contributed by atoms with van der Waals surface area (Å²) in [4.78, 5) is 28.0. The summed E-state index contributed by atoms with van der Waals surface area (Å²) in [5.41, 5.74) is 0.0690. The average molecular weight is 374 g/mol. The number of halogens is 1. The molecule has 1 atom stereocenters. The fourth-order valence-corrected chi connectivity index (χ4v) is 2.24. The van der Waals surface area contributed by atoms with Crippen molar-refractivity contribution in [2.75, 3.05) is 13.7 Å². The van der Waals surface area contributed by atoms with Crippen molar-refractivity contribution >= 4 is 11.9 Å². The van der Waals surface area contributed by atoms with E-state index in [0.717, 1.165) is 0 Å². The zero-order chi connectivity index (χ0) is 20.0. The van der Waals surface area contributed by atoms with E-state index in [9.17, 15) is 14.0 Å². The van der Waals surface area contributed by atoms with E-state index in [-0.39, 0.29) is 29.0 Å². The van der Waals surface area contributed by atoms with Crippen molar-refractivity contribution in [3.63, 3.8) is 0 Å². The first-order chi connectivity index (χ1) is 12.7. The van der Waals surface area contributed by atoms with Crippen molar-refractivity contribution in [1.29, 1.82) is 0 Å². The van der Waals surface area contributed by atoms with E-state index in [2.05, 4.69) is 15.0 Å². The van der Waals surface area contributed by atoms with Crippen molar-refractivity contribution < 1.29 is 23.5 Å². The van der Waals surface area contributed by atoms with Gasteiger partial charge in [0.25, 0.3) is 5.91 Å². The number of ether oxygens (including phenoxy) is 2. The van der Waals surface area contributed by atoms with Crippen LogP contribution in [0.25, 0.3) is 0 Å². The normalized spacial score (nSPS) is 12.2. The smallest absolute Gasteiger partial charge is 0.339 e. The van der Waals surface area contributed by atoms with Crippen LogP contribution in [-0.2, 0) is 4.74 Å². The monoisotopic (exact) mass is 374 g/mol. The molecule has 1 heterocycles. The number of esters is 1. The van der Waals surface area contributed by atoms with E-state index >= 15 is 0 Å². The third-order valence-corrected chi connectivity index (χ3v) is 4.01. The van der Waals surface area contributed by atoms with Crippen LogP contribution in [0.3, 0.4) is 0 Å². The third-order valence-electron chi connectivity index (χ3n) is 4.01. The molecule has 1 aromatic heterocycles. The molecule has 0 aliphatic rings. The standard InChI is InChI=1S/C20H23FN2O4/c1-20(2,3)17(12-27-16-8-6-5-7-14(16)21)23-18(24)15-10-9-13(11-22-15)19(25)26-4/h5-11,17H,12H2,1-4H3,(H,23,24). The Balaban J connectivity index is 2.08. The lowest BCUT2D eigenvalue weighted by Crippen LogP contribution is -2.47. The zero-order valence-electron chi connectivity index (χ0n) is 15.8. The molecule has 0 aliphatic carbocycles. The number of nitrogens with zero attached hydrogens (tertiary/aromatic N) is 1. The van der Waals surface area contributed by atoms with Gasteiger partial charge in [0.15, 0.2) is 11.6 Å². The Hall–Kier alpha value is -2.96. The van der Waals surface area contributed by atoms with Crippen LogP contribution < -0.4 is 10.1 Å². The van der Waals surface area contributed by atoms with E-state index in [0.29, 0.717) is 0 Å². The molecule has 1 unspecified atom stereocenters. The predicted octanol–water partition coefficient (Wildman–Crippen LogP) is 3.23. The summed E-state index contributed by atoms with van der Waals surface area (Å²) in [7, 11) is 1.27. The van der Waals surface area contributed by atoms with E-state index < -0.39 is 23.7 Å². The lowest BCUT2D eigenvalue weighted by Gasteiger charge is -2.31. The second kappa shape index (κ2) is 8.62. The van der Waals surface area contributed by atoms with Crippen molar-refractivity contribution in [3.05, 3.63) is 59.7 Å². The fourth-order valence-electron chi connectivity index (χ4n) is 2.24. The molecule has 6 nitrogen and oxygen atoms in total. The van der Waals surface area contributed by atoms with Crippen molar-refractivity contribution in [2.45, 2.75) is 26.8 Å². The second-order valence-corrected chi connectivity index (χ2v) is 7.06. The molecule has 7 heteroatoms. The summed E-state index contributed by atoms with van der Waals surface area (Å²) < 4.78 is 23.9. The van der Waals surface area contributed by atoms with Gasteiger partial charge in [-0.2, -0.15) is 0 Å². The van der Waals surface area contributed by atoms with Crippen LogP contribution in [-0.4, -0.2) is 36.6 Å². The van der Waals surface area contributed by atoms with Gasteiger partial charge in [-0.25, -0.2) is 9.18 Å². The molecule has 0 bridgehead atoms. The Morgan fingerprint density at radius 3 is 2.44 bits per heavy atom. The van der Waals surface area contributed by atoms with Gasteiger partial charge in [-0.15, -0.1) is 0 Å². The number of rotatable bonds is 6. The van der Waals surface area contributed by atoms with Crippen LogP contribution in [0.1, 0.15) is 41.6 Å². The molecule has 0 radical (unpaired) electrons. The topological polar surface area (TPSA) is 77.5 Å². The lowest BCUT2D eigenvalue weighted by atomic mass is 9.87. The molecular weight excluding hydrogens is 351 g/mol. The average Bonchev–Trinajstić information content (AvgIpc) is 2.64. The molecule has 1 N–H and O–H groups in total. The lowest BCUT2D eigenvalue weighted by molar-refractivity contribution is 0.0599. The van der Waals surface area contributed by atoms with Crippen LogP contribution in [0.2, 0.25) is 0 Å². The van der Waals surface area contributed by atoms with Crippen LogP contribution in [0.5, 0.6) is 5.75 Å². The Morgan fingerprint density at radius 2 is 1.89 bits per heavy atom. The first-order valence-corrected chi connectivity index (χ1v) is 8.45. The molecule has 27 heavy (non-hydrogen) atoms. The van der Waals surface area contributed by atoms with Gasteiger partial charge in [-0.3, -0.25) is 9.78 Å². The Kier molecular flexibility index (Phi) is 6.50. The highest BCUT2D eigenvalue weighted by molar-refractivity contribution is 5.94. The van der Waals surface area contributed by atoms with Gasteiger partial charge in [0.05, 0.1) is 18.7 Å². The van der Waals surface area contributed by atoms with Gasteiger partial charge in [-0.1, -0.05) is 32.9 Å². The minimum Gasteiger partial charge on any atom is -0.488 e. The number of aromatic nitrogens is 1.